The van der Waals surface area contributed by atoms with Crippen molar-refractivity contribution in [2.24, 2.45) is 0 Å². The summed E-state index contributed by atoms with van der Waals surface area (Å²) in [6.45, 7) is 1.88. The van der Waals surface area contributed by atoms with Gasteiger partial charge in [-0.1, -0.05) is 42.5 Å². The summed E-state index contributed by atoms with van der Waals surface area (Å²) in [5.41, 5.74) is 3.77. The molecule has 0 radical (unpaired) electrons. The van der Waals surface area contributed by atoms with E-state index >= 15 is 0 Å². The van der Waals surface area contributed by atoms with Crippen molar-refractivity contribution in [3.8, 4) is 11.6 Å². The maximum absolute atomic E-state index is 12.1. The molecule has 0 aliphatic rings. The monoisotopic (exact) mass is 332 g/mol. The standard InChI is InChI=1S/C20H16N2O3/c1-14-7-5-11-16(13-14)22-19(24)17(18(23)21-20(22)25)12-6-10-15-8-3-2-4-9-15/h2-5,7-13,24H,1H3,(H,21,23,25). The van der Waals surface area contributed by atoms with Gasteiger partial charge in [-0.2, -0.15) is 0 Å². The molecule has 25 heavy (non-hydrogen) atoms. The highest BCUT2D eigenvalue weighted by Crippen LogP contribution is 2.18. The van der Waals surface area contributed by atoms with Crippen molar-refractivity contribution in [3.05, 3.63) is 97.9 Å². The topological polar surface area (TPSA) is 75.1 Å². The Kier molecular flexibility index (Phi) is 4.50. The second kappa shape index (κ2) is 6.91. The van der Waals surface area contributed by atoms with Crippen LogP contribution in [0.2, 0.25) is 0 Å². The maximum Gasteiger partial charge on any atom is 0.335 e. The lowest BCUT2D eigenvalue weighted by Gasteiger charge is -2.09. The Labute approximate surface area is 143 Å². The first kappa shape index (κ1) is 16.3. The van der Waals surface area contributed by atoms with Crippen molar-refractivity contribution in [1.29, 1.82) is 0 Å². The molecule has 3 aromatic rings. The van der Waals surface area contributed by atoms with Gasteiger partial charge in [-0.25, -0.2) is 9.36 Å². The van der Waals surface area contributed by atoms with Gasteiger partial charge in [0.25, 0.3) is 5.56 Å². The smallest absolute Gasteiger partial charge is 0.335 e. The zero-order chi connectivity index (χ0) is 17.8. The normalized spacial score (nSPS) is 10.1. The fourth-order valence-electron chi connectivity index (χ4n) is 2.45. The lowest BCUT2D eigenvalue weighted by molar-refractivity contribution is 0.429. The molecule has 0 unspecified atom stereocenters. The Morgan fingerprint density at radius 2 is 1.80 bits per heavy atom. The molecule has 0 atom stereocenters. The summed E-state index contributed by atoms with van der Waals surface area (Å²) >= 11 is 0. The van der Waals surface area contributed by atoms with Crippen LogP contribution >= 0.6 is 0 Å². The van der Waals surface area contributed by atoms with Gasteiger partial charge in [0.15, 0.2) is 0 Å². The minimum atomic E-state index is -0.697. The van der Waals surface area contributed by atoms with Crippen molar-refractivity contribution in [3.63, 3.8) is 0 Å². The number of hydrogen-bond donors (Lipinski definition) is 2. The van der Waals surface area contributed by atoms with Gasteiger partial charge >= 0.3 is 5.69 Å². The molecule has 1 aromatic heterocycles. The molecule has 0 bridgehead atoms. The van der Waals surface area contributed by atoms with E-state index in [9.17, 15) is 14.7 Å². The van der Waals surface area contributed by atoms with E-state index in [2.05, 4.69) is 10.7 Å². The molecule has 3 rings (SSSR count). The summed E-state index contributed by atoms with van der Waals surface area (Å²) in [4.78, 5) is 26.4. The first-order valence-corrected chi connectivity index (χ1v) is 7.69. The summed E-state index contributed by atoms with van der Waals surface area (Å²) in [7, 11) is 0. The van der Waals surface area contributed by atoms with Crippen LogP contribution < -0.4 is 11.2 Å². The molecule has 124 valence electrons. The third-order valence-electron chi connectivity index (χ3n) is 3.66. The Morgan fingerprint density at radius 3 is 2.52 bits per heavy atom. The van der Waals surface area contributed by atoms with Crippen molar-refractivity contribution in [2.75, 3.05) is 0 Å². The molecule has 5 heteroatoms. The van der Waals surface area contributed by atoms with Crippen LogP contribution in [-0.2, 0) is 0 Å². The van der Waals surface area contributed by atoms with Gasteiger partial charge in [-0.05, 0) is 42.3 Å². The van der Waals surface area contributed by atoms with Crippen molar-refractivity contribution >= 4 is 12.2 Å². The summed E-state index contributed by atoms with van der Waals surface area (Å²) in [6, 6.07) is 16.5. The Hall–Kier alpha value is -3.56. The minimum Gasteiger partial charge on any atom is -0.494 e. The number of aromatic hydroxyl groups is 1. The first-order valence-electron chi connectivity index (χ1n) is 7.69. The highest BCUT2D eigenvalue weighted by atomic mass is 16.3. The first-order chi connectivity index (χ1) is 12.1. The second-order valence-electron chi connectivity index (χ2n) is 5.54. The maximum atomic E-state index is 12.1. The largest absolute Gasteiger partial charge is 0.494 e. The molecule has 2 N–H and O–H groups in total. The zero-order valence-corrected chi connectivity index (χ0v) is 13.6. The summed E-state index contributed by atoms with van der Waals surface area (Å²) in [6.07, 6.45) is 3.04. The molecule has 0 saturated heterocycles. The number of nitrogens with one attached hydrogen (secondary N) is 1. The summed E-state index contributed by atoms with van der Waals surface area (Å²) < 4.78 is 1.06. The van der Waals surface area contributed by atoms with Crippen molar-refractivity contribution < 1.29 is 5.11 Å². The van der Waals surface area contributed by atoms with Gasteiger partial charge in [-0.3, -0.25) is 9.78 Å². The number of aromatic nitrogens is 2. The predicted octanol–water partition coefficient (Wildman–Crippen LogP) is 2.87. The van der Waals surface area contributed by atoms with E-state index in [-0.39, 0.29) is 5.56 Å². The van der Waals surface area contributed by atoms with E-state index in [4.69, 9.17) is 0 Å². The number of aromatic amines is 1. The Bertz CT molecular complexity index is 1090. The van der Waals surface area contributed by atoms with Crippen LogP contribution in [0, 0.1) is 6.92 Å². The molecule has 0 amide bonds. The minimum absolute atomic E-state index is 0.0340. The van der Waals surface area contributed by atoms with Gasteiger partial charge in [0.1, 0.15) is 5.56 Å². The third-order valence-corrected chi connectivity index (χ3v) is 3.66. The lowest BCUT2D eigenvalue weighted by atomic mass is 10.2. The molecule has 2 aromatic carbocycles. The van der Waals surface area contributed by atoms with Crippen LogP contribution in [0.5, 0.6) is 5.88 Å². The van der Waals surface area contributed by atoms with Crippen LogP contribution in [0.15, 0.2) is 69.9 Å². The molecule has 0 fully saturated rings. The average molecular weight is 332 g/mol. The fourth-order valence-corrected chi connectivity index (χ4v) is 2.45. The van der Waals surface area contributed by atoms with Crippen LogP contribution in [0.1, 0.15) is 16.7 Å². The molecule has 1 heterocycles. The van der Waals surface area contributed by atoms with Gasteiger partial charge < -0.3 is 5.11 Å². The second-order valence-corrected chi connectivity index (χ2v) is 5.54. The molecular weight excluding hydrogens is 316 g/mol. The number of benzene rings is 2. The quantitative estimate of drug-likeness (QED) is 0.724. The molecule has 0 aliphatic carbocycles. The van der Waals surface area contributed by atoms with E-state index in [1.165, 1.54) is 6.08 Å². The molecule has 0 saturated carbocycles. The molecule has 0 spiro atoms. The molecule has 0 aliphatic heterocycles. The SMILES string of the molecule is Cc1cccc(-n2c(O)c(C=C=Cc3ccccc3)c(=O)[nH]c2=O)c1. The van der Waals surface area contributed by atoms with E-state index < -0.39 is 17.1 Å². The Morgan fingerprint density at radius 1 is 1.04 bits per heavy atom. The number of hydrogen-bond acceptors (Lipinski definition) is 3. The number of aryl methyl sites for hydroxylation is 1. The third kappa shape index (κ3) is 3.52. The number of rotatable bonds is 3. The Balaban J connectivity index is 2.12. The van der Waals surface area contributed by atoms with Gasteiger partial charge in [0, 0.05) is 0 Å². The van der Waals surface area contributed by atoms with E-state index in [0.717, 1.165) is 15.7 Å². The van der Waals surface area contributed by atoms with Crippen molar-refractivity contribution in [2.45, 2.75) is 6.92 Å². The van der Waals surface area contributed by atoms with Gasteiger partial charge in [-0.15, -0.1) is 5.73 Å². The van der Waals surface area contributed by atoms with Crippen LogP contribution in [-0.4, -0.2) is 14.7 Å². The van der Waals surface area contributed by atoms with Crippen molar-refractivity contribution in [1.82, 2.24) is 9.55 Å². The zero-order valence-electron chi connectivity index (χ0n) is 13.6. The van der Waals surface area contributed by atoms with E-state index in [1.54, 1.807) is 24.3 Å². The highest BCUT2D eigenvalue weighted by molar-refractivity contribution is 5.60. The highest BCUT2D eigenvalue weighted by Gasteiger charge is 2.13. The van der Waals surface area contributed by atoms with Crippen LogP contribution in [0.25, 0.3) is 17.8 Å². The van der Waals surface area contributed by atoms with E-state index in [1.807, 2.05) is 43.3 Å². The molecular formula is C20H16N2O3. The summed E-state index contributed by atoms with van der Waals surface area (Å²) in [5, 5.41) is 10.4. The molecule has 5 nitrogen and oxygen atoms in total. The van der Waals surface area contributed by atoms with Gasteiger partial charge in [0.05, 0.1) is 5.69 Å². The lowest BCUT2D eigenvalue weighted by Crippen LogP contribution is -2.30. The van der Waals surface area contributed by atoms with E-state index in [0.29, 0.717) is 5.69 Å². The number of nitrogens with zero attached hydrogens (tertiary/aromatic N) is 1. The summed E-state index contributed by atoms with van der Waals surface area (Å²) in [5.74, 6) is -0.423. The van der Waals surface area contributed by atoms with Gasteiger partial charge in [0.2, 0.25) is 5.88 Å². The average Bonchev–Trinajstić information content (AvgIpc) is 2.58. The van der Waals surface area contributed by atoms with Crippen LogP contribution in [0.3, 0.4) is 0 Å². The fraction of sp³-hybridized carbons (Fsp3) is 0.0500. The number of H-pyrrole nitrogens is 1. The predicted molar refractivity (Wildman–Crippen MR) is 97.9 cm³/mol. The van der Waals surface area contributed by atoms with Crippen LogP contribution in [0.4, 0.5) is 0 Å².